The van der Waals surface area contributed by atoms with Gasteiger partial charge < -0.3 is 10.2 Å². The van der Waals surface area contributed by atoms with Gasteiger partial charge in [0.15, 0.2) is 0 Å². The first kappa shape index (κ1) is 13.8. The lowest BCUT2D eigenvalue weighted by molar-refractivity contribution is 0.246. The highest BCUT2D eigenvalue weighted by molar-refractivity contribution is 5.59. The van der Waals surface area contributed by atoms with Crippen molar-refractivity contribution in [3.05, 3.63) is 29.6 Å². The maximum atomic E-state index is 13.5. The topological polar surface area (TPSA) is 42.3 Å². The summed E-state index contributed by atoms with van der Waals surface area (Å²) in [6, 6.07) is 6.70. The highest BCUT2D eigenvalue weighted by atomic mass is 19.1. The van der Waals surface area contributed by atoms with Gasteiger partial charge in [0, 0.05) is 46.3 Å². The normalized spacial score (nSPS) is 16.1. The molecule has 19 heavy (non-hydrogen) atoms. The van der Waals surface area contributed by atoms with E-state index in [-0.39, 0.29) is 5.56 Å². The quantitative estimate of drug-likeness (QED) is 0.880. The molecule has 1 heterocycles. The molecule has 1 aliphatic rings. The molecule has 0 saturated carbocycles. The van der Waals surface area contributed by atoms with Crippen molar-refractivity contribution < 1.29 is 4.39 Å². The van der Waals surface area contributed by atoms with Crippen LogP contribution in [-0.4, -0.2) is 51.2 Å². The van der Waals surface area contributed by atoms with Crippen LogP contribution in [0.4, 0.5) is 10.1 Å². The number of rotatable bonds is 4. The van der Waals surface area contributed by atoms with Crippen LogP contribution in [0.1, 0.15) is 5.56 Å². The Morgan fingerprint density at radius 3 is 2.84 bits per heavy atom. The van der Waals surface area contributed by atoms with Gasteiger partial charge in [0.2, 0.25) is 0 Å². The third-order valence-electron chi connectivity index (χ3n) is 3.48. The summed E-state index contributed by atoms with van der Waals surface area (Å²) in [4.78, 5) is 4.32. The molecule has 0 aliphatic carbocycles. The minimum Gasteiger partial charge on any atom is -0.372 e. The number of anilines is 1. The van der Waals surface area contributed by atoms with Gasteiger partial charge in [-0.1, -0.05) is 6.07 Å². The second-order valence-electron chi connectivity index (χ2n) is 4.76. The zero-order valence-corrected chi connectivity index (χ0v) is 11.2. The molecule has 0 radical (unpaired) electrons. The van der Waals surface area contributed by atoms with Crippen molar-refractivity contribution in [3.8, 4) is 6.07 Å². The van der Waals surface area contributed by atoms with Gasteiger partial charge in [-0.25, -0.2) is 4.39 Å². The Kier molecular flexibility index (Phi) is 4.72. The monoisotopic (exact) mass is 262 g/mol. The number of hydrogen-bond donors (Lipinski definition) is 1. The molecule has 1 fully saturated rings. The molecule has 1 aromatic rings. The lowest BCUT2D eigenvalue weighted by atomic mass is 10.1. The highest BCUT2D eigenvalue weighted by Crippen LogP contribution is 2.21. The fraction of sp³-hybridized carbons (Fsp3) is 0.500. The molecule has 1 saturated heterocycles. The first-order chi connectivity index (χ1) is 9.22. The number of halogens is 1. The average molecular weight is 262 g/mol. The Balaban J connectivity index is 1.98. The van der Waals surface area contributed by atoms with Gasteiger partial charge in [-0.05, 0) is 12.1 Å². The van der Waals surface area contributed by atoms with E-state index in [0.29, 0.717) is 5.69 Å². The molecular weight excluding hydrogens is 243 g/mol. The summed E-state index contributed by atoms with van der Waals surface area (Å²) in [5, 5.41) is 12.3. The zero-order chi connectivity index (χ0) is 13.7. The van der Waals surface area contributed by atoms with Crippen molar-refractivity contribution in [3.63, 3.8) is 0 Å². The summed E-state index contributed by atoms with van der Waals surface area (Å²) in [5.74, 6) is -0.450. The van der Waals surface area contributed by atoms with E-state index < -0.39 is 5.82 Å². The fourth-order valence-electron chi connectivity index (χ4n) is 2.29. The second kappa shape index (κ2) is 6.50. The largest absolute Gasteiger partial charge is 0.372 e. The number of likely N-dealkylation sites (N-methyl/N-ethyl adjacent to an activating group) is 1. The van der Waals surface area contributed by atoms with Crippen molar-refractivity contribution in [1.82, 2.24) is 10.2 Å². The van der Waals surface area contributed by atoms with E-state index in [1.807, 2.05) is 18.0 Å². The lowest BCUT2D eigenvalue weighted by Gasteiger charge is -2.30. The number of nitrogens with zero attached hydrogens (tertiary/aromatic N) is 3. The molecule has 0 aromatic heterocycles. The molecular formula is C14H19FN4. The molecule has 1 aliphatic heterocycles. The lowest BCUT2D eigenvalue weighted by Crippen LogP contribution is -2.46. The number of nitriles is 1. The SMILES string of the molecule is CN(CCN1CCNCC1)c1cccc(F)c1C#N. The predicted molar refractivity (Wildman–Crippen MR) is 73.7 cm³/mol. The van der Waals surface area contributed by atoms with E-state index in [9.17, 15) is 4.39 Å². The summed E-state index contributed by atoms with van der Waals surface area (Å²) in [7, 11) is 1.90. The van der Waals surface area contributed by atoms with E-state index in [0.717, 1.165) is 39.3 Å². The summed E-state index contributed by atoms with van der Waals surface area (Å²) < 4.78 is 13.5. The molecule has 5 heteroatoms. The minimum atomic E-state index is -0.450. The molecule has 0 atom stereocenters. The second-order valence-corrected chi connectivity index (χ2v) is 4.76. The number of nitrogens with one attached hydrogen (secondary N) is 1. The molecule has 2 rings (SSSR count). The molecule has 0 unspecified atom stereocenters. The molecule has 102 valence electrons. The van der Waals surface area contributed by atoms with Crippen LogP contribution in [0.5, 0.6) is 0 Å². The molecule has 1 aromatic carbocycles. The summed E-state index contributed by atoms with van der Waals surface area (Å²) in [5.41, 5.74) is 0.794. The van der Waals surface area contributed by atoms with Crippen LogP contribution in [0.25, 0.3) is 0 Å². The Labute approximate surface area is 113 Å². The Hall–Kier alpha value is -1.64. The van der Waals surface area contributed by atoms with Crippen LogP contribution in [0, 0.1) is 17.1 Å². The van der Waals surface area contributed by atoms with Gasteiger partial charge >= 0.3 is 0 Å². The number of benzene rings is 1. The Morgan fingerprint density at radius 2 is 2.16 bits per heavy atom. The van der Waals surface area contributed by atoms with Gasteiger partial charge in [-0.2, -0.15) is 5.26 Å². The predicted octanol–water partition coefficient (Wildman–Crippen LogP) is 1.04. The molecule has 0 spiro atoms. The third-order valence-corrected chi connectivity index (χ3v) is 3.48. The average Bonchev–Trinajstić information content (AvgIpc) is 2.45. The smallest absolute Gasteiger partial charge is 0.143 e. The van der Waals surface area contributed by atoms with Crippen LogP contribution in [-0.2, 0) is 0 Å². The first-order valence-corrected chi connectivity index (χ1v) is 6.55. The van der Waals surface area contributed by atoms with Gasteiger partial charge in [0.1, 0.15) is 17.4 Å². The van der Waals surface area contributed by atoms with Crippen molar-refractivity contribution in [1.29, 1.82) is 5.26 Å². The Bertz CT molecular complexity index is 463. The molecule has 1 N–H and O–H groups in total. The van der Waals surface area contributed by atoms with E-state index >= 15 is 0 Å². The van der Waals surface area contributed by atoms with Crippen molar-refractivity contribution in [2.75, 3.05) is 51.2 Å². The summed E-state index contributed by atoms with van der Waals surface area (Å²) in [6.45, 7) is 5.85. The number of piperazine rings is 1. The maximum absolute atomic E-state index is 13.5. The van der Waals surface area contributed by atoms with E-state index in [1.54, 1.807) is 12.1 Å². The van der Waals surface area contributed by atoms with Crippen molar-refractivity contribution >= 4 is 5.69 Å². The molecule has 4 nitrogen and oxygen atoms in total. The van der Waals surface area contributed by atoms with E-state index in [2.05, 4.69) is 10.2 Å². The van der Waals surface area contributed by atoms with Crippen molar-refractivity contribution in [2.45, 2.75) is 0 Å². The maximum Gasteiger partial charge on any atom is 0.143 e. The standard InChI is InChI=1S/C14H19FN4/c1-18(9-10-19-7-5-17-6-8-19)14-4-2-3-13(15)12(14)11-16/h2-4,17H,5-10H2,1H3. The van der Waals surface area contributed by atoms with E-state index in [1.165, 1.54) is 6.07 Å². The van der Waals surface area contributed by atoms with Crippen LogP contribution in [0.15, 0.2) is 18.2 Å². The van der Waals surface area contributed by atoms with Gasteiger partial charge in [-0.3, -0.25) is 4.90 Å². The first-order valence-electron chi connectivity index (χ1n) is 6.55. The Morgan fingerprint density at radius 1 is 1.42 bits per heavy atom. The zero-order valence-electron chi connectivity index (χ0n) is 11.2. The van der Waals surface area contributed by atoms with Crippen molar-refractivity contribution in [2.24, 2.45) is 0 Å². The van der Waals surface area contributed by atoms with Crippen LogP contribution in [0.3, 0.4) is 0 Å². The number of hydrogen-bond acceptors (Lipinski definition) is 4. The van der Waals surface area contributed by atoms with E-state index in [4.69, 9.17) is 5.26 Å². The fourth-order valence-corrected chi connectivity index (χ4v) is 2.29. The van der Waals surface area contributed by atoms with Crippen LogP contribution >= 0.6 is 0 Å². The molecule has 0 amide bonds. The highest BCUT2D eigenvalue weighted by Gasteiger charge is 2.14. The van der Waals surface area contributed by atoms with Crippen LogP contribution < -0.4 is 10.2 Å². The minimum absolute atomic E-state index is 0.130. The summed E-state index contributed by atoms with van der Waals surface area (Å²) >= 11 is 0. The van der Waals surface area contributed by atoms with Crippen LogP contribution in [0.2, 0.25) is 0 Å². The van der Waals surface area contributed by atoms with Gasteiger partial charge in [0.05, 0.1) is 5.69 Å². The molecule has 0 bridgehead atoms. The third kappa shape index (κ3) is 3.43. The van der Waals surface area contributed by atoms with Gasteiger partial charge in [-0.15, -0.1) is 0 Å². The van der Waals surface area contributed by atoms with Gasteiger partial charge in [0.25, 0.3) is 0 Å². The summed E-state index contributed by atoms with van der Waals surface area (Å²) in [6.07, 6.45) is 0.